The maximum atomic E-state index is 13.1. The van der Waals surface area contributed by atoms with Crippen molar-refractivity contribution < 1.29 is 19.3 Å². The Bertz CT molecular complexity index is 1480. The van der Waals surface area contributed by atoms with E-state index >= 15 is 0 Å². The van der Waals surface area contributed by atoms with Crippen LogP contribution in [0.1, 0.15) is 48.4 Å². The van der Waals surface area contributed by atoms with Crippen LogP contribution < -0.4 is 14.2 Å². The fourth-order valence-corrected chi connectivity index (χ4v) is 5.44. The highest BCUT2D eigenvalue weighted by Gasteiger charge is 2.43. The molecule has 0 radical (unpaired) electrons. The monoisotopic (exact) mass is 607 g/mol. The van der Waals surface area contributed by atoms with E-state index in [1.54, 1.807) is 20.3 Å². The predicted octanol–water partition coefficient (Wildman–Crippen LogP) is 6.48. The molecule has 212 valence electrons. The number of hydrogen-bond acceptors (Lipinski definition) is 7. The summed E-state index contributed by atoms with van der Waals surface area (Å²) in [7, 11) is 7.18. The van der Waals surface area contributed by atoms with Crippen LogP contribution in [0.15, 0.2) is 65.1 Å². The second-order valence-corrected chi connectivity index (χ2v) is 11.6. The molecule has 0 aliphatic heterocycles. The summed E-state index contributed by atoms with van der Waals surface area (Å²) in [6, 6.07) is 19.9. The first-order chi connectivity index (χ1) is 19.0. The molecule has 4 rings (SSSR count). The Balaban J connectivity index is 2.06. The Morgan fingerprint density at radius 3 is 2.35 bits per heavy atom. The highest BCUT2D eigenvalue weighted by Crippen LogP contribution is 2.48. The van der Waals surface area contributed by atoms with Crippen LogP contribution in [0.4, 0.5) is 0 Å². The molecule has 0 amide bonds. The van der Waals surface area contributed by atoms with E-state index in [0.717, 1.165) is 32.1 Å². The lowest BCUT2D eigenvalue weighted by Gasteiger charge is -2.39. The molecule has 4 aromatic rings. The van der Waals surface area contributed by atoms with Gasteiger partial charge in [-0.2, -0.15) is 4.98 Å². The van der Waals surface area contributed by atoms with Crippen molar-refractivity contribution in [3.8, 4) is 17.6 Å². The summed E-state index contributed by atoms with van der Waals surface area (Å²) >= 11 is 3.60. The molecule has 1 N–H and O–H groups in total. The summed E-state index contributed by atoms with van der Waals surface area (Å²) in [5.41, 5.74) is 2.84. The van der Waals surface area contributed by atoms with Gasteiger partial charge in [-0.1, -0.05) is 45.8 Å². The molecule has 0 aliphatic carbocycles. The smallest absolute Gasteiger partial charge is 0.217 e. The molecule has 8 heteroatoms. The number of fused-ring (bicyclic) bond motifs is 1. The Morgan fingerprint density at radius 2 is 1.70 bits per heavy atom. The number of methoxy groups -OCH3 is 2. The van der Waals surface area contributed by atoms with Crippen LogP contribution in [-0.4, -0.2) is 60.9 Å². The number of nitrogens with zero attached hydrogens (tertiary/aromatic N) is 3. The van der Waals surface area contributed by atoms with Crippen LogP contribution in [0.2, 0.25) is 0 Å². The molecule has 0 saturated heterocycles. The molecule has 2 unspecified atom stereocenters. The lowest BCUT2D eigenvalue weighted by atomic mass is 9.71. The molecular formula is C32H38BrN3O4. The zero-order chi connectivity index (χ0) is 29.0. The van der Waals surface area contributed by atoms with Crippen molar-refractivity contribution >= 4 is 26.8 Å². The Hall–Kier alpha value is -3.20. The van der Waals surface area contributed by atoms with E-state index in [9.17, 15) is 5.11 Å². The van der Waals surface area contributed by atoms with Gasteiger partial charge in [0, 0.05) is 40.0 Å². The normalized spacial score (nSPS) is 13.9. The van der Waals surface area contributed by atoms with E-state index in [1.807, 2.05) is 64.3 Å². The molecule has 2 aromatic heterocycles. The Morgan fingerprint density at radius 1 is 0.950 bits per heavy atom. The largest absolute Gasteiger partial charge is 0.481 e. The minimum absolute atomic E-state index is 0.0990. The van der Waals surface area contributed by atoms with Crippen molar-refractivity contribution in [2.75, 3.05) is 34.9 Å². The van der Waals surface area contributed by atoms with Gasteiger partial charge in [0.2, 0.25) is 17.6 Å². The minimum atomic E-state index is -1.42. The van der Waals surface area contributed by atoms with Crippen LogP contribution in [0.3, 0.4) is 0 Å². The molecule has 2 heterocycles. The van der Waals surface area contributed by atoms with Crippen molar-refractivity contribution in [3.63, 3.8) is 0 Å². The molecule has 0 bridgehead atoms. The Kier molecular flexibility index (Phi) is 9.33. The van der Waals surface area contributed by atoms with Gasteiger partial charge in [-0.3, -0.25) is 0 Å². The topological polar surface area (TPSA) is 76.9 Å². The standard InChI is InChI=1S/C32H38BrN3O4/c1-20(2)40-29-19-24(18-28(35-29)38-6)32(37,13-14-36(4)5)30(22-10-8-9-21(3)15-22)26-17-23-16-25(33)11-12-27(23)34-31(26)39-7/h8-12,15-20,30,37H,13-14H2,1-7H3. The molecule has 2 aromatic carbocycles. The summed E-state index contributed by atoms with van der Waals surface area (Å²) < 4.78 is 18.4. The first-order valence-electron chi connectivity index (χ1n) is 13.3. The number of aliphatic hydroxyl groups is 1. The van der Waals surface area contributed by atoms with Crippen LogP contribution in [0.5, 0.6) is 17.6 Å². The number of ether oxygens (including phenoxy) is 3. The second kappa shape index (κ2) is 12.5. The third-order valence-electron chi connectivity index (χ3n) is 6.91. The molecule has 0 fully saturated rings. The van der Waals surface area contributed by atoms with Crippen molar-refractivity contribution in [2.45, 2.75) is 44.8 Å². The molecule has 0 saturated carbocycles. The number of pyridine rings is 2. The summed E-state index contributed by atoms with van der Waals surface area (Å²) in [6.07, 6.45) is 0.310. The maximum absolute atomic E-state index is 13.1. The van der Waals surface area contributed by atoms with E-state index in [4.69, 9.17) is 19.2 Å². The SMILES string of the molecule is COc1cc(C(O)(CCN(C)C)C(c2cccc(C)c2)c2cc3cc(Br)ccc3nc2OC)cc(OC(C)C)n1. The van der Waals surface area contributed by atoms with Gasteiger partial charge in [-0.05, 0) is 76.7 Å². The van der Waals surface area contributed by atoms with E-state index in [2.05, 4.69) is 50.9 Å². The van der Waals surface area contributed by atoms with Gasteiger partial charge >= 0.3 is 0 Å². The molecule has 0 spiro atoms. The summed E-state index contributed by atoms with van der Waals surface area (Å²) in [5, 5.41) is 14.0. The number of benzene rings is 2. The first-order valence-corrected chi connectivity index (χ1v) is 14.1. The Labute approximate surface area is 245 Å². The van der Waals surface area contributed by atoms with Gasteiger partial charge in [0.05, 0.1) is 25.8 Å². The number of hydrogen-bond donors (Lipinski definition) is 1. The highest BCUT2D eigenvalue weighted by atomic mass is 79.9. The van der Waals surface area contributed by atoms with Gasteiger partial charge in [-0.25, -0.2) is 4.98 Å². The third kappa shape index (κ3) is 6.57. The number of rotatable bonds is 11. The third-order valence-corrected chi connectivity index (χ3v) is 7.40. The second-order valence-electron chi connectivity index (χ2n) is 10.7. The average Bonchev–Trinajstić information content (AvgIpc) is 2.91. The maximum Gasteiger partial charge on any atom is 0.217 e. The van der Waals surface area contributed by atoms with Gasteiger partial charge in [0.1, 0.15) is 5.60 Å². The molecule has 2 atom stereocenters. The fraction of sp³-hybridized carbons (Fsp3) is 0.375. The number of aryl methyl sites for hydroxylation is 1. The number of aromatic nitrogens is 2. The van der Waals surface area contributed by atoms with Crippen LogP contribution in [0.25, 0.3) is 10.9 Å². The predicted molar refractivity (Wildman–Crippen MR) is 163 cm³/mol. The van der Waals surface area contributed by atoms with E-state index in [-0.39, 0.29) is 6.10 Å². The van der Waals surface area contributed by atoms with Gasteiger partial charge in [0.25, 0.3) is 0 Å². The van der Waals surface area contributed by atoms with Crippen molar-refractivity contribution in [3.05, 3.63) is 87.4 Å². The van der Waals surface area contributed by atoms with Crippen molar-refractivity contribution in [1.29, 1.82) is 0 Å². The van der Waals surface area contributed by atoms with Crippen LogP contribution in [0, 0.1) is 6.92 Å². The average molecular weight is 609 g/mol. The molecule has 0 aliphatic rings. The van der Waals surface area contributed by atoms with Crippen molar-refractivity contribution in [1.82, 2.24) is 14.9 Å². The van der Waals surface area contributed by atoms with E-state index in [0.29, 0.717) is 36.2 Å². The lowest BCUT2D eigenvalue weighted by Crippen LogP contribution is -2.38. The van der Waals surface area contributed by atoms with Crippen molar-refractivity contribution in [2.24, 2.45) is 0 Å². The number of halogens is 1. The summed E-state index contributed by atoms with van der Waals surface area (Å²) in [5.74, 6) is 0.677. The first kappa shape index (κ1) is 29.8. The van der Waals surface area contributed by atoms with Gasteiger partial charge < -0.3 is 24.2 Å². The highest BCUT2D eigenvalue weighted by molar-refractivity contribution is 9.10. The fourth-order valence-electron chi connectivity index (χ4n) is 5.07. The van der Waals surface area contributed by atoms with Crippen LogP contribution >= 0.6 is 15.9 Å². The quantitative estimate of drug-likeness (QED) is 0.209. The molecular weight excluding hydrogens is 570 g/mol. The molecule has 7 nitrogen and oxygen atoms in total. The zero-order valence-corrected chi connectivity index (χ0v) is 25.8. The lowest BCUT2D eigenvalue weighted by molar-refractivity contribution is 0.00316. The van der Waals surface area contributed by atoms with Gasteiger partial charge in [0.15, 0.2) is 0 Å². The summed E-state index contributed by atoms with van der Waals surface area (Å²) in [6.45, 7) is 6.56. The zero-order valence-electron chi connectivity index (χ0n) is 24.2. The minimum Gasteiger partial charge on any atom is -0.481 e. The summed E-state index contributed by atoms with van der Waals surface area (Å²) in [4.78, 5) is 11.4. The molecule has 40 heavy (non-hydrogen) atoms. The van der Waals surface area contributed by atoms with Gasteiger partial charge in [-0.15, -0.1) is 0 Å². The van der Waals surface area contributed by atoms with E-state index < -0.39 is 11.5 Å². The van der Waals surface area contributed by atoms with E-state index in [1.165, 1.54) is 0 Å². The van der Waals surface area contributed by atoms with Crippen LogP contribution in [-0.2, 0) is 5.60 Å².